The summed E-state index contributed by atoms with van der Waals surface area (Å²) in [6, 6.07) is 1.82. The first-order valence-corrected chi connectivity index (χ1v) is 6.75. The highest BCUT2D eigenvalue weighted by atomic mass is 15.2. The van der Waals surface area contributed by atoms with Crippen molar-refractivity contribution in [2.24, 2.45) is 11.7 Å². The van der Waals surface area contributed by atoms with Crippen molar-refractivity contribution in [1.29, 1.82) is 0 Å². The topological polar surface area (TPSA) is 29.3 Å². The molecule has 1 aliphatic carbocycles. The Bertz CT molecular complexity index is 205. The maximum Gasteiger partial charge on any atom is 0.0221 e. The summed E-state index contributed by atoms with van der Waals surface area (Å²) in [5, 5.41) is 0. The maximum absolute atomic E-state index is 6.19. The minimum absolute atomic E-state index is 0.365. The summed E-state index contributed by atoms with van der Waals surface area (Å²) in [6.45, 7) is 5.82. The molecule has 2 N–H and O–H groups in total. The van der Waals surface area contributed by atoms with E-state index in [2.05, 4.69) is 18.7 Å². The SMILES string of the molecule is CCC(N)C(C)N1CCCC2CCCC21. The van der Waals surface area contributed by atoms with Crippen LogP contribution in [0.25, 0.3) is 0 Å². The molecule has 0 spiro atoms. The number of piperidine rings is 1. The van der Waals surface area contributed by atoms with Gasteiger partial charge in [0.1, 0.15) is 0 Å². The minimum atomic E-state index is 0.365. The van der Waals surface area contributed by atoms with Crippen LogP contribution in [0.15, 0.2) is 0 Å². The molecule has 4 unspecified atom stereocenters. The van der Waals surface area contributed by atoms with E-state index in [-0.39, 0.29) is 0 Å². The zero-order chi connectivity index (χ0) is 10.8. The summed E-state index contributed by atoms with van der Waals surface area (Å²) in [7, 11) is 0. The van der Waals surface area contributed by atoms with Gasteiger partial charge in [0.2, 0.25) is 0 Å². The van der Waals surface area contributed by atoms with Crippen molar-refractivity contribution < 1.29 is 0 Å². The second-order valence-corrected chi connectivity index (χ2v) is 5.45. The molecule has 2 nitrogen and oxygen atoms in total. The predicted octanol–water partition coefficient (Wildman–Crippen LogP) is 2.38. The largest absolute Gasteiger partial charge is 0.326 e. The van der Waals surface area contributed by atoms with Crippen molar-refractivity contribution in [2.75, 3.05) is 6.54 Å². The quantitative estimate of drug-likeness (QED) is 0.775. The van der Waals surface area contributed by atoms with Gasteiger partial charge in [0.25, 0.3) is 0 Å². The fourth-order valence-electron chi connectivity index (χ4n) is 3.59. The Balaban J connectivity index is 2.00. The maximum atomic E-state index is 6.19. The van der Waals surface area contributed by atoms with E-state index in [1.54, 1.807) is 0 Å². The summed E-state index contributed by atoms with van der Waals surface area (Å²) >= 11 is 0. The number of hydrogen-bond donors (Lipinski definition) is 1. The third kappa shape index (κ3) is 2.21. The van der Waals surface area contributed by atoms with Gasteiger partial charge in [-0.1, -0.05) is 13.3 Å². The van der Waals surface area contributed by atoms with E-state index in [4.69, 9.17) is 5.73 Å². The number of fused-ring (bicyclic) bond motifs is 1. The summed E-state index contributed by atoms with van der Waals surface area (Å²) in [5.74, 6) is 0.991. The van der Waals surface area contributed by atoms with E-state index in [1.165, 1.54) is 38.6 Å². The van der Waals surface area contributed by atoms with Crippen LogP contribution in [0.3, 0.4) is 0 Å². The molecule has 2 heteroatoms. The number of nitrogens with zero attached hydrogens (tertiary/aromatic N) is 1. The van der Waals surface area contributed by atoms with Gasteiger partial charge >= 0.3 is 0 Å². The van der Waals surface area contributed by atoms with E-state index in [9.17, 15) is 0 Å². The lowest BCUT2D eigenvalue weighted by Gasteiger charge is -2.43. The van der Waals surface area contributed by atoms with E-state index < -0.39 is 0 Å². The first-order chi connectivity index (χ1) is 7.24. The monoisotopic (exact) mass is 210 g/mol. The standard InChI is InChI=1S/C13H26N2/c1-3-12(14)10(2)15-9-5-7-11-6-4-8-13(11)15/h10-13H,3-9,14H2,1-2H3. The van der Waals surface area contributed by atoms with Crippen LogP contribution in [0.4, 0.5) is 0 Å². The second kappa shape index (κ2) is 4.84. The van der Waals surface area contributed by atoms with Gasteiger partial charge in [0, 0.05) is 18.1 Å². The Hall–Kier alpha value is -0.0800. The van der Waals surface area contributed by atoms with Crippen molar-refractivity contribution in [3.8, 4) is 0 Å². The lowest BCUT2D eigenvalue weighted by Crippen LogP contribution is -2.53. The van der Waals surface area contributed by atoms with Crippen molar-refractivity contribution >= 4 is 0 Å². The first-order valence-electron chi connectivity index (χ1n) is 6.75. The average Bonchev–Trinajstić information content (AvgIpc) is 2.74. The Morgan fingerprint density at radius 1 is 1.27 bits per heavy atom. The van der Waals surface area contributed by atoms with Crippen LogP contribution in [0.1, 0.15) is 52.4 Å². The molecule has 1 saturated carbocycles. The van der Waals surface area contributed by atoms with Crippen LogP contribution in [0.2, 0.25) is 0 Å². The van der Waals surface area contributed by atoms with Gasteiger partial charge in [-0.05, 0) is 51.5 Å². The smallest absolute Gasteiger partial charge is 0.0221 e. The summed E-state index contributed by atoms with van der Waals surface area (Å²) in [5.41, 5.74) is 6.19. The van der Waals surface area contributed by atoms with E-state index >= 15 is 0 Å². The minimum Gasteiger partial charge on any atom is -0.326 e. The predicted molar refractivity (Wildman–Crippen MR) is 64.8 cm³/mol. The number of nitrogens with two attached hydrogens (primary N) is 1. The fourth-order valence-corrected chi connectivity index (χ4v) is 3.59. The molecule has 0 bridgehead atoms. The number of hydrogen-bond acceptors (Lipinski definition) is 2. The molecule has 0 aromatic carbocycles. The van der Waals surface area contributed by atoms with Crippen LogP contribution >= 0.6 is 0 Å². The molecular weight excluding hydrogens is 184 g/mol. The number of likely N-dealkylation sites (tertiary alicyclic amines) is 1. The molecule has 1 saturated heterocycles. The summed E-state index contributed by atoms with van der Waals surface area (Å²) in [6.07, 6.45) is 8.30. The van der Waals surface area contributed by atoms with E-state index in [0.717, 1.165) is 18.4 Å². The highest BCUT2D eigenvalue weighted by Crippen LogP contribution is 2.37. The van der Waals surface area contributed by atoms with Crippen LogP contribution in [-0.4, -0.2) is 29.6 Å². The Labute approximate surface area is 94.2 Å². The zero-order valence-electron chi connectivity index (χ0n) is 10.3. The molecular formula is C13H26N2. The third-order valence-corrected chi connectivity index (χ3v) is 4.65. The van der Waals surface area contributed by atoms with Gasteiger partial charge in [-0.2, -0.15) is 0 Å². The van der Waals surface area contributed by atoms with Crippen LogP contribution < -0.4 is 5.73 Å². The highest BCUT2D eigenvalue weighted by Gasteiger charge is 2.37. The normalized spacial score (nSPS) is 36.2. The fraction of sp³-hybridized carbons (Fsp3) is 1.00. The van der Waals surface area contributed by atoms with Crippen LogP contribution in [0, 0.1) is 5.92 Å². The van der Waals surface area contributed by atoms with Gasteiger partial charge in [-0.15, -0.1) is 0 Å². The van der Waals surface area contributed by atoms with Crippen molar-refractivity contribution in [2.45, 2.75) is 70.5 Å². The molecule has 88 valence electrons. The molecule has 0 aromatic heterocycles. The third-order valence-electron chi connectivity index (χ3n) is 4.65. The van der Waals surface area contributed by atoms with E-state index in [0.29, 0.717) is 12.1 Å². The molecule has 0 aromatic rings. The first kappa shape index (κ1) is 11.4. The van der Waals surface area contributed by atoms with Crippen molar-refractivity contribution in [1.82, 2.24) is 4.90 Å². The summed E-state index contributed by atoms with van der Waals surface area (Å²) in [4.78, 5) is 2.72. The molecule has 1 aliphatic heterocycles. The molecule has 2 aliphatic rings. The van der Waals surface area contributed by atoms with Gasteiger partial charge in [0.05, 0.1) is 0 Å². The molecule has 2 rings (SSSR count). The average molecular weight is 210 g/mol. The second-order valence-electron chi connectivity index (χ2n) is 5.45. The van der Waals surface area contributed by atoms with Crippen LogP contribution in [0.5, 0.6) is 0 Å². The highest BCUT2D eigenvalue weighted by molar-refractivity contribution is 4.93. The Kier molecular flexibility index (Phi) is 3.68. The lowest BCUT2D eigenvalue weighted by molar-refractivity contribution is 0.0627. The van der Waals surface area contributed by atoms with Crippen molar-refractivity contribution in [3.63, 3.8) is 0 Å². The lowest BCUT2D eigenvalue weighted by atomic mass is 9.89. The molecule has 0 radical (unpaired) electrons. The molecule has 4 atom stereocenters. The van der Waals surface area contributed by atoms with Crippen LogP contribution in [-0.2, 0) is 0 Å². The van der Waals surface area contributed by atoms with Gasteiger partial charge in [0.15, 0.2) is 0 Å². The van der Waals surface area contributed by atoms with Gasteiger partial charge in [-0.3, -0.25) is 4.90 Å². The van der Waals surface area contributed by atoms with Gasteiger partial charge in [-0.25, -0.2) is 0 Å². The zero-order valence-corrected chi connectivity index (χ0v) is 10.3. The molecule has 1 heterocycles. The number of rotatable bonds is 3. The molecule has 2 fully saturated rings. The van der Waals surface area contributed by atoms with Gasteiger partial charge < -0.3 is 5.73 Å². The Morgan fingerprint density at radius 3 is 2.73 bits per heavy atom. The van der Waals surface area contributed by atoms with E-state index in [1.807, 2.05) is 0 Å². The molecule has 15 heavy (non-hydrogen) atoms. The molecule has 0 amide bonds. The van der Waals surface area contributed by atoms with Crippen molar-refractivity contribution in [3.05, 3.63) is 0 Å². The summed E-state index contributed by atoms with van der Waals surface area (Å²) < 4.78 is 0. The Morgan fingerprint density at radius 2 is 2.00 bits per heavy atom.